The van der Waals surface area contributed by atoms with E-state index in [0.717, 1.165) is 0 Å². The Labute approximate surface area is 82.6 Å². The highest BCUT2D eigenvalue weighted by atomic mass is 32.2. The molecule has 3 N–H and O–H groups in total. The molecule has 0 amide bonds. The zero-order valence-electron chi connectivity index (χ0n) is 7.80. The molecule has 6 nitrogen and oxygen atoms in total. The summed E-state index contributed by atoms with van der Waals surface area (Å²) >= 11 is 0. The minimum Gasteiger partial charge on any atom is -0.478 e. The Bertz CT molecular complexity index is 267. The van der Waals surface area contributed by atoms with E-state index in [-0.39, 0.29) is 24.4 Å². The van der Waals surface area contributed by atoms with Crippen LogP contribution in [0.1, 0.15) is 13.3 Å². The van der Waals surface area contributed by atoms with Gasteiger partial charge in [-0.1, -0.05) is 6.58 Å². The van der Waals surface area contributed by atoms with E-state index < -0.39 is 16.1 Å². The molecule has 0 aromatic heterocycles. The van der Waals surface area contributed by atoms with Crippen molar-refractivity contribution in [2.24, 2.45) is 0 Å². The van der Waals surface area contributed by atoms with Crippen molar-refractivity contribution in [3.8, 4) is 0 Å². The minimum absolute atomic E-state index is 0.0961. The van der Waals surface area contributed by atoms with Gasteiger partial charge in [-0.05, 0) is 13.3 Å². The van der Waals surface area contributed by atoms with Crippen LogP contribution >= 0.6 is 0 Å². The monoisotopic (exact) mass is 226 g/mol. The van der Waals surface area contributed by atoms with E-state index in [9.17, 15) is 13.2 Å². The maximum atomic E-state index is 9.83. The summed E-state index contributed by atoms with van der Waals surface area (Å²) < 4.78 is 27.7. The maximum absolute atomic E-state index is 9.83. The van der Waals surface area contributed by atoms with Crippen LogP contribution in [0.5, 0.6) is 0 Å². The molecule has 0 aliphatic rings. The summed E-state index contributed by atoms with van der Waals surface area (Å²) in [5.74, 6) is -1.29. The number of aliphatic carboxylic acids is 1. The molecule has 0 aromatic rings. The zero-order valence-corrected chi connectivity index (χ0v) is 8.62. The summed E-state index contributed by atoms with van der Waals surface area (Å²) in [5, 5.41) is 15.9. The highest BCUT2D eigenvalue weighted by molar-refractivity contribution is 7.85. The second-order valence-corrected chi connectivity index (χ2v) is 4.02. The van der Waals surface area contributed by atoms with Crippen LogP contribution in [0.3, 0.4) is 0 Å². The van der Waals surface area contributed by atoms with Crippen LogP contribution in [-0.2, 0) is 14.9 Å². The van der Waals surface area contributed by atoms with E-state index >= 15 is 0 Å². The van der Waals surface area contributed by atoms with E-state index in [0.29, 0.717) is 0 Å². The first-order valence-electron chi connectivity index (χ1n) is 3.65. The molecule has 84 valence electrons. The Morgan fingerprint density at radius 2 is 1.79 bits per heavy atom. The third-order valence-corrected chi connectivity index (χ3v) is 1.73. The number of rotatable bonds is 4. The summed E-state index contributed by atoms with van der Waals surface area (Å²) in [4.78, 5) is 9.60. The van der Waals surface area contributed by atoms with E-state index in [1.54, 1.807) is 0 Å². The topological polar surface area (TPSA) is 112 Å². The number of aliphatic hydroxyl groups excluding tert-OH is 1. The lowest BCUT2D eigenvalue weighted by molar-refractivity contribution is -0.132. The van der Waals surface area contributed by atoms with Crippen molar-refractivity contribution in [1.29, 1.82) is 0 Å². The fourth-order valence-corrected chi connectivity index (χ4v) is 0.741. The largest absolute Gasteiger partial charge is 0.478 e. The highest BCUT2D eigenvalue weighted by Gasteiger charge is 2.00. The van der Waals surface area contributed by atoms with Crippen LogP contribution in [0, 0.1) is 0 Å². The van der Waals surface area contributed by atoms with Crippen LogP contribution in [0.15, 0.2) is 12.2 Å². The number of aliphatic hydroxyl groups is 1. The van der Waals surface area contributed by atoms with E-state index in [4.69, 9.17) is 14.8 Å². The van der Waals surface area contributed by atoms with Crippen molar-refractivity contribution < 1.29 is 28.0 Å². The predicted octanol–water partition coefficient (Wildman–Crippen LogP) is -0.0963. The van der Waals surface area contributed by atoms with Gasteiger partial charge in [0.15, 0.2) is 0 Å². The summed E-state index contributed by atoms with van der Waals surface area (Å²) in [7, 11) is -3.85. The van der Waals surface area contributed by atoms with Crippen LogP contribution in [0.2, 0.25) is 0 Å². The minimum atomic E-state index is -3.85. The van der Waals surface area contributed by atoms with E-state index in [2.05, 4.69) is 6.58 Å². The van der Waals surface area contributed by atoms with Gasteiger partial charge in [0.05, 0.1) is 5.75 Å². The van der Waals surface area contributed by atoms with E-state index in [1.165, 1.54) is 6.92 Å². The van der Waals surface area contributed by atoms with Gasteiger partial charge >= 0.3 is 5.97 Å². The first-order valence-corrected chi connectivity index (χ1v) is 5.26. The standard InChI is InChI=1S/C4H6O2.C3H8O4S/c1-3(2)4(5)6;4-2-1-3-8(5,6)7/h1H2,2H3,(H,5,6);4H,1-3H2,(H,5,6,7). The first-order chi connectivity index (χ1) is 6.20. The third-order valence-electron chi connectivity index (χ3n) is 0.925. The fraction of sp³-hybridized carbons (Fsp3) is 0.571. The Kier molecular flexibility index (Phi) is 8.31. The van der Waals surface area contributed by atoms with Crippen molar-refractivity contribution in [2.75, 3.05) is 12.4 Å². The number of hydrogen-bond donors (Lipinski definition) is 3. The molecule has 0 unspecified atom stereocenters. The van der Waals surface area contributed by atoms with Crippen molar-refractivity contribution in [3.63, 3.8) is 0 Å². The molecule has 0 aliphatic carbocycles. The van der Waals surface area contributed by atoms with Gasteiger partial charge in [0.1, 0.15) is 0 Å². The normalized spacial score (nSPS) is 9.93. The molecule has 0 spiro atoms. The van der Waals surface area contributed by atoms with Crippen molar-refractivity contribution in [1.82, 2.24) is 0 Å². The molecule has 0 aliphatic heterocycles. The van der Waals surface area contributed by atoms with Crippen LogP contribution in [-0.4, -0.2) is 41.5 Å². The van der Waals surface area contributed by atoms with Gasteiger partial charge < -0.3 is 10.2 Å². The molecular weight excluding hydrogens is 212 g/mol. The van der Waals surface area contributed by atoms with Crippen molar-refractivity contribution in [2.45, 2.75) is 13.3 Å². The lowest BCUT2D eigenvalue weighted by atomic mass is 10.4. The van der Waals surface area contributed by atoms with Gasteiger partial charge in [-0.25, -0.2) is 4.79 Å². The zero-order chi connectivity index (χ0) is 11.8. The number of carbonyl (C=O) groups is 1. The molecule has 0 bridgehead atoms. The second kappa shape index (κ2) is 7.48. The van der Waals surface area contributed by atoms with Crippen LogP contribution < -0.4 is 0 Å². The van der Waals surface area contributed by atoms with Gasteiger partial charge in [-0.15, -0.1) is 0 Å². The highest BCUT2D eigenvalue weighted by Crippen LogP contribution is 1.84. The molecule has 0 radical (unpaired) electrons. The van der Waals surface area contributed by atoms with Crippen molar-refractivity contribution >= 4 is 16.1 Å². The van der Waals surface area contributed by atoms with Gasteiger partial charge in [0, 0.05) is 12.2 Å². The Morgan fingerprint density at radius 3 is 1.86 bits per heavy atom. The number of carboxylic acid groups (broad SMARTS) is 1. The molecule has 0 fully saturated rings. The summed E-state index contributed by atoms with van der Waals surface area (Å²) in [6.45, 7) is 4.39. The first kappa shape index (κ1) is 15.5. The predicted molar refractivity (Wildman–Crippen MR) is 50.6 cm³/mol. The van der Waals surface area contributed by atoms with Crippen molar-refractivity contribution in [3.05, 3.63) is 12.2 Å². The van der Waals surface area contributed by atoms with Gasteiger partial charge in [0.2, 0.25) is 0 Å². The molecule has 0 atom stereocenters. The van der Waals surface area contributed by atoms with E-state index in [1.807, 2.05) is 0 Å². The Hall–Kier alpha value is -0.920. The summed E-state index contributed by atoms with van der Waals surface area (Å²) in [6.07, 6.45) is 0.0961. The fourth-order valence-electron chi connectivity index (χ4n) is 0.247. The van der Waals surface area contributed by atoms with Crippen LogP contribution in [0.4, 0.5) is 0 Å². The summed E-state index contributed by atoms with van der Waals surface area (Å²) in [6, 6.07) is 0. The summed E-state index contributed by atoms with van der Waals surface area (Å²) in [5.41, 5.74) is 0.176. The van der Waals surface area contributed by atoms with Gasteiger partial charge in [-0.2, -0.15) is 8.42 Å². The Balaban J connectivity index is 0. The maximum Gasteiger partial charge on any atom is 0.330 e. The molecule has 7 heteroatoms. The average molecular weight is 226 g/mol. The molecule has 0 heterocycles. The molecule has 0 saturated heterocycles. The quantitative estimate of drug-likeness (QED) is 0.456. The lowest BCUT2D eigenvalue weighted by Gasteiger charge is -1.89. The average Bonchev–Trinajstić information content (AvgIpc) is 2.00. The molecule has 14 heavy (non-hydrogen) atoms. The third kappa shape index (κ3) is 17.2. The molecule has 0 rings (SSSR count). The van der Waals surface area contributed by atoms with Gasteiger partial charge in [-0.3, -0.25) is 4.55 Å². The number of hydrogen-bond acceptors (Lipinski definition) is 4. The Morgan fingerprint density at radius 1 is 1.43 bits per heavy atom. The second-order valence-electron chi connectivity index (χ2n) is 2.45. The molecule has 0 saturated carbocycles. The molecule has 0 aromatic carbocycles. The smallest absolute Gasteiger partial charge is 0.330 e. The SMILES string of the molecule is C=C(C)C(=O)O.O=S(=O)(O)CCCO. The molecular formula is C7H14O6S. The van der Waals surface area contributed by atoms with Gasteiger partial charge in [0.25, 0.3) is 10.1 Å². The van der Waals surface area contributed by atoms with Crippen LogP contribution in [0.25, 0.3) is 0 Å². The lowest BCUT2D eigenvalue weighted by Crippen LogP contribution is -2.04. The number of carboxylic acids is 1.